The van der Waals surface area contributed by atoms with Gasteiger partial charge in [-0.05, 0) is 30.3 Å². The number of aryl methyl sites for hydroxylation is 1. The summed E-state index contributed by atoms with van der Waals surface area (Å²) in [6.45, 7) is 2.01. The van der Waals surface area contributed by atoms with E-state index >= 15 is 0 Å². The fraction of sp³-hybridized carbons (Fsp3) is 0.214. The number of rotatable bonds is 5. The molecular formula is C14H16N4O2S. The molecule has 0 bridgehead atoms. The fourth-order valence-corrected chi connectivity index (χ4v) is 2.85. The van der Waals surface area contributed by atoms with Crippen LogP contribution in [0, 0.1) is 0 Å². The standard InChI is InChI=1S/C14H16N4O2S/c1-2-4-8-7-11(19)18-14(17-8)21-12-9(13(16)20)5-3-6-10(12)15/h3,5-7H,2,4,15H2,1H3,(H2,16,20)(H,17,18,19). The van der Waals surface area contributed by atoms with Crippen LogP contribution < -0.4 is 17.0 Å². The molecule has 2 rings (SSSR count). The molecule has 1 amide bonds. The number of primary amides is 1. The van der Waals surface area contributed by atoms with Gasteiger partial charge in [0.1, 0.15) is 0 Å². The van der Waals surface area contributed by atoms with Crippen LogP contribution >= 0.6 is 11.8 Å². The van der Waals surface area contributed by atoms with Gasteiger partial charge in [-0.15, -0.1) is 0 Å². The summed E-state index contributed by atoms with van der Waals surface area (Å²) in [5.41, 5.74) is 12.4. The van der Waals surface area contributed by atoms with Crippen molar-refractivity contribution in [2.24, 2.45) is 5.73 Å². The van der Waals surface area contributed by atoms with Crippen LogP contribution in [0.1, 0.15) is 29.4 Å². The molecule has 0 aliphatic carbocycles. The lowest BCUT2D eigenvalue weighted by Gasteiger charge is -2.09. The number of amides is 1. The average Bonchev–Trinajstić information content (AvgIpc) is 2.40. The topological polar surface area (TPSA) is 115 Å². The highest BCUT2D eigenvalue weighted by Crippen LogP contribution is 2.32. The number of nitrogens with one attached hydrogen (secondary N) is 1. The summed E-state index contributed by atoms with van der Waals surface area (Å²) in [6.07, 6.45) is 1.60. The number of aromatic nitrogens is 2. The lowest BCUT2D eigenvalue weighted by molar-refractivity contribution is 0.0997. The maximum Gasteiger partial charge on any atom is 0.251 e. The molecule has 0 aliphatic rings. The Hall–Kier alpha value is -2.28. The fourth-order valence-electron chi connectivity index (χ4n) is 1.88. The quantitative estimate of drug-likeness (QED) is 0.572. The minimum atomic E-state index is -0.572. The van der Waals surface area contributed by atoms with Crippen molar-refractivity contribution in [3.63, 3.8) is 0 Å². The maximum atomic E-state index is 11.6. The number of carbonyl (C=O) groups excluding carboxylic acids is 1. The Balaban J connectivity index is 2.43. The third kappa shape index (κ3) is 3.63. The summed E-state index contributed by atoms with van der Waals surface area (Å²) in [5.74, 6) is -0.572. The SMILES string of the molecule is CCCc1cc(=O)[nH]c(Sc2c(N)cccc2C(N)=O)n1. The van der Waals surface area contributed by atoms with Crippen molar-refractivity contribution in [2.75, 3.05) is 5.73 Å². The lowest BCUT2D eigenvalue weighted by atomic mass is 10.2. The minimum absolute atomic E-state index is 0.230. The van der Waals surface area contributed by atoms with Crippen LogP contribution in [0.3, 0.4) is 0 Å². The molecule has 5 N–H and O–H groups in total. The third-order valence-electron chi connectivity index (χ3n) is 2.79. The Morgan fingerprint density at radius 3 is 2.86 bits per heavy atom. The summed E-state index contributed by atoms with van der Waals surface area (Å²) >= 11 is 1.13. The van der Waals surface area contributed by atoms with Crippen molar-refractivity contribution in [1.29, 1.82) is 0 Å². The van der Waals surface area contributed by atoms with Gasteiger partial charge in [0.25, 0.3) is 5.56 Å². The molecule has 1 aromatic heterocycles. The van der Waals surface area contributed by atoms with Gasteiger partial charge in [0.2, 0.25) is 5.91 Å². The number of aromatic amines is 1. The van der Waals surface area contributed by atoms with Crippen molar-refractivity contribution in [2.45, 2.75) is 29.8 Å². The van der Waals surface area contributed by atoms with Crippen molar-refractivity contribution in [3.05, 3.63) is 45.9 Å². The first-order chi connectivity index (χ1) is 10.0. The van der Waals surface area contributed by atoms with E-state index in [-0.39, 0.29) is 5.56 Å². The first-order valence-corrected chi connectivity index (χ1v) is 7.29. The summed E-state index contributed by atoms with van der Waals surface area (Å²) in [7, 11) is 0. The second-order valence-corrected chi connectivity index (χ2v) is 5.48. The zero-order valence-corrected chi connectivity index (χ0v) is 12.4. The van der Waals surface area contributed by atoms with Gasteiger partial charge >= 0.3 is 0 Å². The first-order valence-electron chi connectivity index (χ1n) is 6.47. The Labute approximate surface area is 126 Å². The molecule has 0 spiro atoms. The summed E-state index contributed by atoms with van der Waals surface area (Å²) in [5, 5.41) is 0.395. The molecule has 0 atom stereocenters. The van der Waals surface area contributed by atoms with Gasteiger partial charge in [0, 0.05) is 17.4 Å². The second-order valence-electron chi connectivity index (χ2n) is 4.48. The van der Waals surface area contributed by atoms with Crippen LogP contribution in [-0.4, -0.2) is 15.9 Å². The maximum absolute atomic E-state index is 11.6. The number of anilines is 1. The summed E-state index contributed by atoms with van der Waals surface area (Å²) in [4.78, 5) is 30.6. The zero-order valence-electron chi connectivity index (χ0n) is 11.6. The lowest BCUT2D eigenvalue weighted by Crippen LogP contribution is -2.14. The zero-order chi connectivity index (χ0) is 15.4. The van der Waals surface area contributed by atoms with Crippen LogP contribution in [0.15, 0.2) is 39.1 Å². The van der Waals surface area contributed by atoms with Gasteiger partial charge in [-0.3, -0.25) is 9.59 Å². The molecule has 0 radical (unpaired) electrons. The smallest absolute Gasteiger partial charge is 0.251 e. The van der Waals surface area contributed by atoms with E-state index < -0.39 is 5.91 Å². The number of hydrogen-bond acceptors (Lipinski definition) is 5. The van der Waals surface area contributed by atoms with Crippen molar-refractivity contribution >= 4 is 23.4 Å². The van der Waals surface area contributed by atoms with Gasteiger partial charge in [-0.25, -0.2) is 4.98 Å². The molecule has 1 aromatic carbocycles. The molecule has 2 aromatic rings. The van der Waals surface area contributed by atoms with E-state index in [0.717, 1.165) is 18.2 Å². The monoisotopic (exact) mass is 304 g/mol. The Morgan fingerprint density at radius 1 is 1.43 bits per heavy atom. The normalized spacial score (nSPS) is 10.5. The highest BCUT2D eigenvalue weighted by atomic mass is 32.2. The number of benzene rings is 1. The molecule has 0 saturated carbocycles. The van der Waals surface area contributed by atoms with Crippen LogP contribution in [0.25, 0.3) is 0 Å². The van der Waals surface area contributed by atoms with E-state index in [0.29, 0.717) is 33.4 Å². The van der Waals surface area contributed by atoms with Crippen LogP contribution in [0.5, 0.6) is 0 Å². The molecule has 1 heterocycles. The first kappa shape index (κ1) is 15.1. The Bertz CT molecular complexity index is 727. The van der Waals surface area contributed by atoms with Crippen molar-refractivity contribution in [1.82, 2.24) is 9.97 Å². The van der Waals surface area contributed by atoms with Gasteiger partial charge in [0.15, 0.2) is 5.16 Å². The molecule has 0 unspecified atom stereocenters. The minimum Gasteiger partial charge on any atom is -0.398 e. The van der Waals surface area contributed by atoms with Gasteiger partial charge < -0.3 is 16.5 Å². The van der Waals surface area contributed by atoms with Gasteiger partial charge in [0.05, 0.1) is 10.5 Å². The molecule has 0 fully saturated rings. The predicted molar refractivity (Wildman–Crippen MR) is 82.3 cm³/mol. The number of hydrogen-bond donors (Lipinski definition) is 3. The number of nitrogens with two attached hydrogens (primary N) is 2. The number of H-pyrrole nitrogens is 1. The molecule has 7 heteroatoms. The average molecular weight is 304 g/mol. The van der Waals surface area contributed by atoms with Crippen molar-refractivity contribution < 1.29 is 4.79 Å². The second kappa shape index (κ2) is 6.45. The van der Waals surface area contributed by atoms with E-state index in [1.807, 2.05) is 6.92 Å². The molecule has 21 heavy (non-hydrogen) atoms. The molecular weight excluding hydrogens is 288 g/mol. The Kier molecular flexibility index (Phi) is 4.64. The number of nitrogens with zero attached hydrogens (tertiary/aromatic N) is 1. The summed E-state index contributed by atoms with van der Waals surface area (Å²) in [6, 6.07) is 6.39. The van der Waals surface area contributed by atoms with Crippen molar-refractivity contribution in [3.8, 4) is 0 Å². The third-order valence-corrected chi connectivity index (χ3v) is 3.84. The van der Waals surface area contributed by atoms with Gasteiger partial charge in [-0.2, -0.15) is 0 Å². The number of nitrogen functional groups attached to an aromatic ring is 1. The van der Waals surface area contributed by atoms with Crippen LogP contribution in [-0.2, 0) is 6.42 Å². The molecule has 6 nitrogen and oxygen atoms in total. The van der Waals surface area contributed by atoms with E-state index in [4.69, 9.17) is 11.5 Å². The summed E-state index contributed by atoms with van der Waals surface area (Å²) < 4.78 is 0. The van der Waals surface area contributed by atoms with E-state index in [1.165, 1.54) is 6.07 Å². The van der Waals surface area contributed by atoms with E-state index in [9.17, 15) is 9.59 Å². The molecule has 110 valence electrons. The van der Waals surface area contributed by atoms with E-state index in [2.05, 4.69) is 9.97 Å². The van der Waals surface area contributed by atoms with E-state index in [1.54, 1.807) is 18.2 Å². The van der Waals surface area contributed by atoms with Crippen LogP contribution in [0.2, 0.25) is 0 Å². The largest absolute Gasteiger partial charge is 0.398 e. The highest BCUT2D eigenvalue weighted by molar-refractivity contribution is 7.99. The van der Waals surface area contributed by atoms with Gasteiger partial charge in [-0.1, -0.05) is 19.4 Å². The molecule has 0 saturated heterocycles. The number of carbonyl (C=O) groups is 1. The Morgan fingerprint density at radius 2 is 2.19 bits per heavy atom. The van der Waals surface area contributed by atoms with Crippen LogP contribution in [0.4, 0.5) is 5.69 Å². The molecule has 0 aliphatic heterocycles. The predicted octanol–water partition coefficient (Wildman–Crippen LogP) is 1.55. The highest BCUT2D eigenvalue weighted by Gasteiger charge is 2.14.